The van der Waals surface area contributed by atoms with Gasteiger partial charge in [0.15, 0.2) is 5.78 Å². The third-order valence-electron chi connectivity index (χ3n) is 4.36. The van der Waals surface area contributed by atoms with E-state index in [0.717, 1.165) is 11.3 Å². The first kappa shape index (κ1) is 19.9. The van der Waals surface area contributed by atoms with Crippen molar-refractivity contribution in [3.05, 3.63) is 97.0 Å². The number of hydrogen-bond donors (Lipinski definition) is 1. The number of nitrogens with one attached hydrogen (secondary N) is 1. The third kappa shape index (κ3) is 4.16. The van der Waals surface area contributed by atoms with Crippen molar-refractivity contribution in [1.29, 1.82) is 0 Å². The zero-order chi connectivity index (χ0) is 20.4. The lowest BCUT2D eigenvalue weighted by molar-refractivity contribution is -0.384. The standard InChI is InChI=1S/C21H16Cl2N2O3/c1-12-3-6-16(25(27)28)11-18(12)21(26)17-7-5-15(10-19(17)23)24-20-8-4-14(22)9-13(20)2/h3-11,24H,1-2H3. The van der Waals surface area contributed by atoms with Gasteiger partial charge in [-0.15, -0.1) is 0 Å². The topological polar surface area (TPSA) is 72.2 Å². The number of non-ortho nitro benzene ring substituents is 1. The van der Waals surface area contributed by atoms with Gasteiger partial charge in [-0.1, -0.05) is 29.3 Å². The summed E-state index contributed by atoms with van der Waals surface area (Å²) in [5.41, 5.74) is 3.59. The number of aryl methyl sites for hydroxylation is 2. The molecule has 0 aromatic heterocycles. The van der Waals surface area contributed by atoms with Crippen LogP contribution in [0.2, 0.25) is 10.0 Å². The second-order valence-corrected chi connectivity index (χ2v) is 7.21. The van der Waals surface area contributed by atoms with Gasteiger partial charge in [-0.2, -0.15) is 0 Å². The Morgan fingerprint density at radius 1 is 0.929 bits per heavy atom. The molecule has 0 saturated carbocycles. The number of carbonyl (C=O) groups is 1. The highest BCUT2D eigenvalue weighted by Crippen LogP contribution is 2.29. The zero-order valence-corrected chi connectivity index (χ0v) is 16.6. The SMILES string of the molecule is Cc1cc(Cl)ccc1Nc1ccc(C(=O)c2cc([N+](=O)[O-])ccc2C)c(Cl)c1. The van der Waals surface area contributed by atoms with Gasteiger partial charge in [-0.3, -0.25) is 14.9 Å². The Kier molecular flexibility index (Phi) is 5.68. The van der Waals surface area contributed by atoms with E-state index in [2.05, 4.69) is 5.32 Å². The average Bonchev–Trinajstić information content (AvgIpc) is 2.64. The van der Waals surface area contributed by atoms with E-state index in [1.807, 2.05) is 19.1 Å². The molecule has 1 N–H and O–H groups in total. The van der Waals surface area contributed by atoms with Gasteiger partial charge in [0, 0.05) is 39.7 Å². The molecule has 0 aliphatic heterocycles. The van der Waals surface area contributed by atoms with Crippen LogP contribution in [0.5, 0.6) is 0 Å². The minimum absolute atomic E-state index is 0.137. The van der Waals surface area contributed by atoms with Crippen LogP contribution in [0.4, 0.5) is 17.1 Å². The number of anilines is 2. The Hall–Kier alpha value is -2.89. The van der Waals surface area contributed by atoms with Crippen LogP contribution in [-0.2, 0) is 0 Å². The van der Waals surface area contributed by atoms with Gasteiger partial charge < -0.3 is 5.32 Å². The van der Waals surface area contributed by atoms with E-state index in [4.69, 9.17) is 23.2 Å². The number of ketones is 1. The first-order valence-corrected chi connectivity index (χ1v) is 9.14. The average molecular weight is 415 g/mol. The molecule has 0 aliphatic rings. The van der Waals surface area contributed by atoms with Gasteiger partial charge in [0.1, 0.15) is 0 Å². The highest BCUT2D eigenvalue weighted by Gasteiger charge is 2.19. The van der Waals surface area contributed by atoms with Gasteiger partial charge in [-0.05, 0) is 61.4 Å². The van der Waals surface area contributed by atoms with Crippen molar-refractivity contribution in [2.24, 2.45) is 0 Å². The predicted octanol–water partition coefficient (Wildman–Crippen LogP) is 6.49. The summed E-state index contributed by atoms with van der Waals surface area (Å²) in [6.07, 6.45) is 0. The summed E-state index contributed by atoms with van der Waals surface area (Å²) in [5, 5.41) is 15.2. The molecule has 0 heterocycles. The van der Waals surface area contributed by atoms with Crippen molar-refractivity contribution in [2.45, 2.75) is 13.8 Å². The molecule has 0 atom stereocenters. The zero-order valence-electron chi connectivity index (χ0n) is 15.1. The van der Waals surface area contributed by atoms with Crippen LogP contribution in [0.25, 0.3) is 0 Å². The number of nitro groups is 1. The van der Waals surface area contributed by atoms with Crippen LogP contribution < -0.4 is 5.32 Å². The summed E-state index contributed by atoms with van der Waals surface area (Å²) in [4.78, 5) is 23.4. The normalized spacial score (nSPS) is 10.6. The lowest BCUT2D eigenvalue weighted by atomic mass is 9.98. The predicted molar refractivity (Wildman–Crippen MR) is 112 cm³/mol. The van der Waals surface area contributed by atoms with E-state index >= 15 is 0 Å². The van der Waals surface area contributed by atoms with Crippen LogP contribution >= 0.6 is 23.2 Å². The maximum atomic E-state index is 12.9. The van der Waals surface area contributed by atoms with Crippen LogP contribution in [0.1, 0.15) is 27.0 Å². The fourth-order valence-corrected chi connectivity index (χ4v) is 3.31. The fraction of sp³-hybridized carbons (Fsp3) is 0.0952. The molecule has 0 saturated heterocycles. The van der Waals surface area contributed by atoms with Crippen molar-refractivity contribution in [3.8, 4) is 0 Å². The smallest absolute Gasteiger partial charge is 0.270 e. The summed E-state index contributed by atoms with van der Waals surface area (Å²) in [5.74, 6) is -0.361. The minimum Gasteiger partial charge on any atom is -0.355 e. The molecular weight excluding hydrogens is 399 g/mol. The van der Waals surface area contributed by atoms with Crippen molar-refractivity contribution in [3.63, 3.8) is 0 Å². The molecule has 0 bridgehead atoms. The van der Waals surface area contributed by atoms with Crippen molar-refractivity contribution in [1.82, 2.24) is 0 Å². The van der Waals surface area contributed by atoms with Crippen LogP contribution in [0, 0.1) is 24.0 Å². The summed E-state index contributed by atoms with van der Waals surface area (Å²) >= 11 is 12.3. The van der Waals surface area contributed by atoms with E-state index in [1.54, 1.807) is 37.3 Å². The maximum absolute atomic E-state index is 12.9. The van der Waals surface area contributed by atoms with E-state index in [0.29, 0.717) is 16.3 Å². The molecule has 0 unspecified atom stereocenters. The largest absolute Gasteiger partial charge is 0.355 e. The molecule has 0 aliphatic carbocycles. The van der Waals surface area contributed by atoms with Gasteiger partial charge in [0.25, 0.3) is 5.69 Å². The number of benzene rings is 3. The summed E-state index contributed by atoms with van der Waals surface area (Å²) in [6, 6.07) is 14.7. The molecule has 0 amide bonds. The molecule has 0 radical (unpaired) electrons. The van der Waals surface area contributed by atoms with Crippen LogP contribution in [-0.4, -0.2) is 10.7 Å². The van der Waals surface area contributed by atoms with E-state index in [-0.39, 0.29) is 27.6 Å². The number of rotatable bonds is 5. The molecule has 3 aromatic carbocycles. The Balaban J connectivity index is 1.91. The first-order valence-electron chi connectivity index (χ1n) is 8.38. The lowest BCUT2D eigenvalue weighted by Crippen LogP contribution is -2.06. The molecule has 0 fully saturated rings. The molecular formula is C21H16Cl2N2O3. The van der Waals surface area contributed by atoms with Gasteiger partial charge in [0.05, 0.1) is 9.95 Å². The first-order chi connectivity index (χ1) is 13.3. The molecule has 0 spiro atoms. The molecule has 28 heavy (non-hydrogen) atoms. The van der Waals surface area contributed by atoms with Crippen LogP contribution in [0.3, 0.4) is 0 Å². The van der Waals surface area contributed by atoms with Crippen molar-refractivity contribution < 1.29 is 9.72 Å². The van der Waals surface area contributed by atoms with E-state index in [1.165, 1.54) is 12.1 Å². The lowest BCUT2D eigenvalue weighted by Gasteiger charge is -2.12. The second-order valence-electron chi connectivity index (χ2n) is 6.36. The van der Waals surface area contributed by atoms with Gasteiger partial charge >= 0.3 is 0 Å². The molecule has 3 rings (SSSR count). The van der Waals surface area contributed by atoms with Gasteiger partial charge in [0.2, 0.25) is 0 Å². The summed E-state index contributed by atoms with van der Waals surface area (Å²) in [6.45, 7) is 3.66. The number of nitrogens with zero attached hydrogens (tertiary/aromatic N) is 1. The molecule has 5 nitrogen and oxygen atoms in total. The van der Waals surface area contributed by atoms with Crippen molar-refractivity contribution in [2.75, 3.05) is 5.32 Å². The molecule has 142 valence electrons. The number of nitro benzene ring substituents is 1. The Morgan fingerprint density at radius 2 is 1.68 bits per heavy atom. The fourth-order valence-electron chi connectivity index (χ4n) is 2.81. The van der Waals surface area contributed by atoms with Crippen LogP contribution in [0.15, 0.2) is 54.6 Å². The highest BCUT2D eigenvalue weighted by molar-refractivity contribution is 6.35. The quantitative estimate of drug-likeness (QED) is 0.294. The Labute approximate surface area is 172 Å². The maximum Gasteiger partial charge on any atom is 0.270 e. The van der Waals surface area contributed by atoms with Gasteiger partial charge in [-0.25, -0.2) is 0 Å². The minimum atomic E-state index is -0.528. The Bertz CT molecular complexity index is 1100. The third-order valence-corrected chi connectivity index (χ3v) is 4.91. The highest BCUT2D eigenvalue weighted by atomic mass is 35.5. The number of hydrogen-bond acceptors (Lipinski definition) is 4. The summed E-state index contributed by atoms with van der Waals surface area (Å²) < 4.78 is 0. The number of carbonyl (C=O) groups excluding carboxylic acids is 1. The second kappa shape index (κ2) is 8.00. The summed E-state index contributed by atoms with van der Waals surface area (Å²) in [7, 11) is 0. The Morgan fingerprint density at radius 3 is 2.32 bits per heavy atom. The number of halogens is 2. The molecule has 7 heteroatoms. The van der Waals surface area contributed by atoms with E-state index < -0.39 is 4.92 Å². The van der Waals surface area contributed by atoms with Crippen molar-refractivity contribution >= 4 is 46.0 Å². The van der Waals surface area contributed by atoms with E-state index in [9.17, 15) is 14.9 Å². The molecule has 3 aromatic rings. The monoisotopic (exact) mass is 414 g/mol.